The Morgan fingerprint density at radius 1 is 1.21 bits per heavy atom. The molecule has 3 saturated carbocycles. The van der Waals surface area contributed by atoms with Gasteiger partial charge in [-0.05, 0) is 66.9 Å². The van der Waals surface area contributed by atoms with E-state index in [-0.39, 0.29) is 30.8 Å². The van der Waals surface area contributed by atoms with Crippen molar-refractivity contribution < 1.29 is 19.7 Å². The molecule has 0 aromatic carbocycles. The minimum atomic E-state index is -0.647. The van der Waals surface area contributed by atoms with Gasteiger partial charge in [0.2, 0.25) is 0 Å². The monoisotopic (exact) mass is 452 g/mol. The number of hydrogen-bond acceptors (Lipinski definition) is 4. The number of fused-ring (bicyclic) bond motifs is 1. The van der Waals surface area contributed by atoms with E-state index in [1.165, 1.54) is 24.8 Å². The first kappa shape index (κ1) is 25.5. The van der Waals surface area contributed by atoms with Gasteiger partial charge < -0.3 is 14.9 Å². The molecule has 180 valence electrons. The topological polar surface area (TPSA) is 66.8 Å². The molecule has 3 aliphatic carbocycles. The number of esters is 1. The Kier molecular flexibility index (Phi) is 7.76. The molecule has 4 heteroatoms. The van der Waals surface area contributed by atoms with Crippen LogP contribution in [0.2, 0.25) is 0 Å². The van der Waals surface area contributed by atoms with Crippen molar-refractivity contribution >= 4 is 5.97 Å². The van der Waals surface area contributed by atoms with Crippen LogP contribution in [-0.2, 0) is 9.53 Å². The number of rotatable bonds is 2. The highest BCUT2D eigenvalue weighted by atomic mass is 16.5. The molecule has 0 bridgehead atoms. The van der Waals surface area contributed by atoms with Crippen molar-refractivity contribution in [2.24, 2.45) is 23.2 Å². The van der Waals surface area contributed by atoms with Gasteiger partial charge >= 0.3 is 5.97 Å². The van der Waals surface area contributed by atoms with Crippen LogP contribution in [0.5, 0.6) is 0 Å². The molecular formula is C29H40O4. The largest absolute Gasteiger partial charge is 0.445 e. The van der Waals surface area contributed by atoms with Gasteiger partial charge in [0.1, 0.15) is 0 Å². The maximum absolute atomic E-state index is 11.6. The first-order valence-corrected chi connectivity index (χ1v) is 12.0. The van der Waals surface area contributed by atoms with Gasteiger partial charge in [0, 0.05) is 24.3 Å². The van der Waals surface area contributed by atoms with Crippen LogP contribution in [-0.4, -0.2) is 34.5 Å². The van der Waals surface area contributed by atoms with Gasteiger partial charge in [-0.1, -0.05) is 64.0 Å². The van der Waals surface area contributed by atoms with Crippen molar-refractivity contribution in [2.45, 2.75) is 91.0 Å². The van der Waals surface area contributed by atoms with Crippen LogP contribution >= 0.6 is 0 Å². The predicted octanol–water partition coefficient (Wildman–Crippen LogP) is 5.27. The second kappa shape index (κ2) is 10.0. The van der Waals surface area contributed by atoms with E-state index < -0.39 is 12.2 Å². The number of cyclic esters (lactones) is 1. The third-order valence-electron chi connectivity index (χ3n) is 8.35. The molecule has 0 spiro atoms. The van der Waals surface area contributed by atoms with Crippen LogP contribution in [0.1, 0.15) is 72.6 Å². The Balaban J connectivity index is 0.00000306. The van der Waals surface area contributed by atoms with Crippen molar-refractivity contribution in [2.75, 3.05) is 0 Å². The van der Waals surface area contributed by atoms with Gasteiger partial charge in [0.15, 0.2) is 6.10 Å². The third kappa shape index (κ3) is 5.05. The Morgan fingerprint density at radius 3 is 2.67 bits per heavy atom. The molecule has 1 aliphatic heterocycles. The molecule has 2 N–H and O–H groups in total. The molecule has 7 atom stereocenters. The van der Waals surface area contributed by atoms with Crippen LogP contribution in [0, 0.1) is 35.0 Å². The molecule has 0 aromatic rings. The summed E-state index contributed by atoms with van der Waals surface area (Å²) < 4.78 is 5.28. The highest BCUT2D eigenvalue weighted by molar-refractivity contribution is 5.90. The SMILES string of the molecule is C.C=C1CC(C#C[C@@H](C)[C@H]2CC[C@H]3/C(=C/C=C4/C[C@@H](O)C[C@H](O)C4=C)CCC[C@]23C)OC1=O. The van der Waals surface area contributed by atoms with E-state index in [0.717, 1.165) is 24.0 Å². The van der Waals surface area contributed by atoms with Crippen LogP contribution in [0.4, 0.5) is 0 Å². The smallest absolute Gasteiger partial charge is 0.334 e. The standard InChI is InChI=1S/C28H36O4.CH4/c1-17(7-10-23-14-18(2)27(31)32-23)24-11-12-25-20(6-5-13-28(24,25)4)8-9-21-15-22(29)16-26(30)19(21)3;/h8-9,17,22-26,29-30H,2-3,5-6,11-16H2,1,4H3;1H4/b20-8+,21-9-;/t17-,22-,23?,24-,25+,26+,28-;/m1./s1. The van der Waals surface area contributed by atoms with Crippen LogP contribution in [0.15, 0.2) is 47.6 Å². The first-order chi connectivity index (χ1) is 15.2. The number of hydrogen-bond donors (Lipinski definition) is 2. The van der Waals surface area contributed by atoms with E-state index in [1.54, 1.807) is 0 Å². The summed E-state index contributed by atoms with van der Waals surface area (Å²) in [6.45, 7) is 12.4. The summed E-state index contributed by atoms with van der Waals surface area (Å²) in [6, 6.07) is 0. The molecular weight excluding hydrogens is 412 g/mol. The van der Waals surface area contributed by atoms with Crippen molar-refractivity contribution in [1.29, 1.82) is 0 Å². The zero-order valence-corrected chi connectivity index (χ0v) is 19.4. The lowest BCUT2D eigenvalue weighted by atomic mass is 9.61. The minimum absolute atomic E-state index is 0. The average molecular weight is 453 g/mol. The molecule has 0 radical (unpaired) electrons. The quantitative estimate of drug-likeness (QED) is 0.340. The zero-order valence-electron chi connectivity index (χ0n) is 19.4. The highest BCUT2D eigenvalue weighted by Gasteiger charge is 2.50. The van der Waals surface area contributed by atoms with E-state index in [1.807, 2.05) is 0 Å². The fourth-order valence-corrected chi connectivity index (χ4v) is 6.53. The van der Waals surface area contributed by atoms with E-state index in [0.29, 0.717) is 36.7 Å². The summed E-state index contributed by atoms with van der Waals surface area (Å²) in [5.74, 6) is 7.59. The van der Waals surface area contributed by atoms with Crippen molar-refractivity contribution in [3.63, 3.8) is 0 Å². The first-order valence-electron chi connectivity index (χ1n) is 12.0. The maximum atomic E-state index is 11.6. The fourth-order valence-electron chi connectivity index (χ4n) is 6.53. The summed E-state index contributed by atoms with van der Waals surface area (Å²) in [5.41, 5.74) is 3.93. The second-order valence-corrected chi connectivity index (χ2v) is 10.4. The summed E-state index contributed by atoms with van der Waals surface area (Å²) in [4.78, 5) is 11.6. The lowest BCUT2D eigenvalue weighted by Gasteiger charge is -2.43. The second-order valence-electron chi connectivity index (χ2n) is 10.4. The predicted molar refractivity (Wildman–Crippen MR) is 132 cm³/mol. The Hall–Kier alpha value is -2.09. The van der Waals surface area contributed by atoms with E-state index in [9.17, 15) is 15.0 Å². The fraction of sp³-hybridized carbons (Fsp3) is 0.621. The molecule has 1 heterocycles. The number of carbonyl (C=O) groups excluding carboxylic acids is 1. The number of aliphatic hydroxyl groups is 2. The van der Waals surface area contributed by atoms with Crippen LogP contribution in [0.25, 0.3) is 0 Å². The normalized spacial score (nSPS) is 39.5. The van der Waals surface area contributed by atoms with Gasteiger partial charge in [-0.25, -0.2) is 4.79 Å². The number of allylic oxidation sites excluding steroid dienone is 3. The Labute approximate surface area is 199 Å². The molecule has 4 fully saturated rings. The van der Waals surface area contributed by atoms with Crippen molar-refractivity contribution in [3.8, 4) is 11.8 Å². The number of ether oxygens (including phenoxy) is 1. The van der Waals surface area contributed by atoms with E-state index in [2.05, 4.69) is 51.0 Å². The summed E-state index contributed by atoms with van der Waals surface area (Å²) >= 11 is 0. The third-order valence-corrected chi connectivity index (χ3v) is 8.35. The van der Waals surface area contributed by atoms with E-state index in [4.69, 9.17) is 4.74 Å². The highest BCUT2D eigenvalue weighted by Crippen LogP contribution is 2.59. The van der Waals surface area contributed by atoms with Crippen LogP contribution in [0.3, 0.4) is 0 Å². The van der Waals surface area contributed by atoms with Crippen molar-refractivity contribution in [1.82, 2.24) is 0 Å². The van der Waals surface area contributed by atoms with Gasteiger partial charge in [0.05, 0.1) is 12.2 Å². The Morgan fingerprint density at radius 2 is 1.97 bits per heavy atom. The van der Waals surface area contributed by atoms with Crippen LogP contribution < -0.4 is 0 Å². The zero-order chi connectivity index (χ0) is 23.0. The maximum Gasteiger partial charge on any atom is 0.334 e. The number of aliphatic hydroxyl groups excluding tert-OH is 2. The average Bonchev–Trinajstić information content (AvgIpc) is 3.26. The van der Waals surface area contributed by atoms with E-state index >= 15 is 0 Å². The summed E-state index contributed by atoms with van der Waals surface area (Å²) in [7, 11) is 0. The summed E-state index contributed by atoms with van der Waals surface area (Å²) in [5, 5.41) is 20.2. The molecule has 1 saturated heterocycles. The molecule has 33 heavy (non-hydrogen) atoms. The van der Waals surface area contributed by atoms with Gasteiger partial charge in [-0.3, -0.25) is 0 Å². The lowest BCUT2D eigenvalue weighted by Crippen LogP contribution is -2.35. The molecule has 1 unspecified atom stereocenters. The molecule has 4 rings (SSSR count). The lowest BCUT2D eigenvalue weighted by molar-refractivity contribution is -0.136. The van der Waals surface area contributed by atoms with Gasteiger partial charge in [-0.2, -0.15) is 0 Å². The molecule has 4 aliphatic rings. The Bertz CT molecular complexity index is 913. The van der Waals surface area contributed by atoms with Gasteiger partial charge in [0.25, 0.3) is 0 Å². The minimum Gasteiger partial charge on any atom is -0.445 e. The summed E-state index contributed by atoms with van der Waals surface area (Å²) in [6.07, 6.45) is 10.1. The number of carbonyl (C=O) groups is 1. The van der Waals surface area contributed by atoms with Gasteiger partial charge in [-0.15, -0.1) is 0 Å². The molecule has 4 nitrogen and oxygen atoms in total. The van der Waals surface area contributed by atoms with Crippen molar-refractivity contribution in [3.05, 3.63) is 47.6 Å². The molecule has 0 amide bonds. The molecule has 0 aromatic heterocycles.